The maximum atomic E-state index is 12.2. The Morgan fingerprint density at radius 3 is 2.03 bits per heavy atom. The predicted octanol–water partition coefficient (Wildman–Crippen LogP) is 4.13. The van der Waals surface area contributed by atoms with E-state index in [1.807, 2.05) is 33.8 Å². The van der Waals surface area contributed by atoms with Crippen LogP contribution in [0.2, 0.25) is 18.1 Å². The van der Waals surface area contributed by atoms with Gasteiger partial charge in [0.2, 0.25) is 18.3 Å². The van der Waals surface area contributed by atoms with Gasteiger partial charge >= 0.3 is 7.12 Å². The maximum absolute atomic E-state index is 12.2. The van der Waals surface area contributed by atoms with E-state index in [0.29, 0.717) is 11.4 Å². The van der Waals surface area contributed by atoms with E-state index in [4.69, 9.17) is 13.7 Å². The molecule has 0 amide bonds. The number of rotatable bonds is 6. The molecule has 0 saturated carbocycles. The summed E-state index contributed by atoms with van der Waals surface area (Å²) in [4.78, 5) is 0. The maximum Gasteiger partial charge on any atom is 0.495 e. The second kappa shape index (κ2) is 7.59. The molecule has 0 unspecified atom stereocenters. The Morgan fingerprint density at radius 1 is 1.07 bits per heavy atom. The van der Waals surface area contributed by atoms with Crippen LogP contribution < -0.4 is 14.6 Å². The van der Waals surface area contributed by atoms with Gasteiger partial charge in [0.05, 0.1) is 22.6 Å². The Morgan fingerprint density at radius 2 is 1.59 bits per heavy atom. The fraction of sp³-hybridized carbons (Fsp3) is 0.700. The van der Waals surface area contributed by atoms with Crippen molar-refractivity contribution in [2.45, 2.75) is 84.7 Å². The number of nitrogens with one attached hydrogen (secondary N) is 1. The summed E-state index contributed by atoms with van der Waals surface area (Å²) in [7, 11) is -6.14. The zero-order chi connectivity index (χ0) is 22.5. The SMILES string of the molecule is CCS(=O)(=O)Nc1cc(O[Si](C)(C)C(C)(C)C)cc(B2OC(C)(C)C(C)(C)O2)c1. The molecule has 0 atom stereocenters. The van der Waals surface area contributed by atoms with Gasteiger partial charge in [-0.15, -0.1) is 0 Å². The first-order chi connectivity index (χ1) is 12.9. The molecule has 0 aromatic heterocycles. The van der Waals surface area contributed by atoms with Crippen molar-refractivity contribution in [1.82, 2.24) is 0 Å². The van der Waals surface area contributed by atoms with Gasteiger partial charge < -0.3 is 13.7 Å². The second-order valence-corrected chi connectivity index (χ2v) is 17.0. The molecule has 1 saturated heterocycles. The largest absolute Gasteiger partial charge is 0.543 e. The second-order valence-electron chi connectivity index (χ2n) is 10.2. The van der Waals surface area contributed by atoms with Crippen molar-refractivity contribution in [1.29, 1.82) is 0 Å². The molecule has 1 fully saturated rings. The summed E-state index contributed by atoms with van der Waals surface area (Å²) in [5.74, 6) is 0.615. The van der Waals surface area contributed by atoms with Crippen LogP contribution >= 0.6 is 0 Å². The molecule has 164 valence electrons. The van der Waals surface area contributed by atoms with Crippen LogP contribution in [0.5, 0.6) is 5.75 Å². The highest BCUT2D eigenvalue weighted by molar-refractivity contribution is 7.92. The molecule has 0 radical (unpaired) electrons. The van der Waals surface area contributed by atoms with E-state index >= 15 is 0 Å². The molecule has 9 heteroatoms. The van der Waals surface area contributed by atoms with Gasteiger partial charge in [-0.2, -0.15) is 0 Å². The molecule has 6 nitrogen and oxygen atoms in total. The van der Waals surface area contributed by atoms with Gasteiger partial charge in [0.25, 0.3) is 0 Å². The molecule has 1 aliphatic heterocycles. The summed E-state index contributed by atoms with van der Waals surface area (Å²) in [5, 5.41) is 0.0103. The number of anilines is 1. The van der Waals surface area contributed by atoms with Crippen LogP contribution in [0.4, 0.5) is 5.69 Å². The van der Waals surface area contributed by atoms with Crippen LogP contribution in [0.15, 0.2) is 18.2 Å². The Kier molecular flexibility index (Phi) is 6.34. The first-order valence-electron chi connectivity index (χ1n) is 10.1. The molecule has 1 aromatic rings. The highest BCUT2D eigenvalue weighted by atomic mass is 32.2. The molecule has 29 heavy (non-hydrogen) atoms. The van der Waals surface area contributed by atoms with Crippen LogP contribution in [0.25, 0.3) is 0 Å². The van der Waals surface area contributed by atoms with E-state index in [9.17, 15) is 8.42 Å². The standard InChI is InChI=1S/C20H36BNO5SSi/c1-11-28(23,24)22-16-12-15(21-26-19(5,6)20(7,8)27-21)13-17(14-16)25-29(9,10)18(2,3)4/h12-14,22H,11H2,1-10H3. The van der Waals surface area contributed by atoms with Crippen molar-refractivity contribution in [2.24, 2.45) is 0 Å². The molecule has 0 aliphatic carbocycles. The lowest BCUT2D eigenvalue weighted by molar-refractivity contribution is 0.00578. The van der Waals surface area contributed by atoms with E-state index in [0.717, 1.165) is 5.46 Å². The van der Waals surface area contributed by atoms with Gasteiger partial charge in [0.15, 0.2) is 0 Å². The van der Waals surface area contributed by atoms with Gasteiger partial charge in [-0.3, -0.25) is 4.72 Å². The quantitative estimate of drug-likeness (QED) is 0.672. The summed E-state index contributed by atoms with van der Waals surface area (Å²) in [5.41, 5.74) is 0.204. The van der Waals surface area contributed by atoms with Gasteiger partial charge in [-0.05, 0) is 70.3 Å². The van der Waals surface area contributed by atoms with Crippen molar-refractivity contribution in [3.63, 3.8) is 0 Å². The zero-order valence-corrected chi connectivity index (χ0v) is 21.3. The van der Waals surface area contributed by atoms with Crippen LogP contribution in [0.3, 0.4) is 0 Å². The van der Waals surface area contributed by atoms with Gasteiger partial charge in [-0.25, -0.2) is 8.42 Å². The molecule has 1 heterocycles. The average Bonchev–Trinajstić information content (AvgIpc) is 2.73. The smallest absolute Gasteiger partial charge is 0.495 e. The fourth-order valence-corrected chi connectivity index (χ4v) is 4.19. The number of sulfonamides is 1. The lowest BCUT2D eigenvalue weighted by atomic mass is 9.79. The number of hydrogen-bond acceptors (Lipinski definition) is 5. The third-order valence-corrected chi connectivity index (χ3v) is 12.0. The van der Waals surface area contributed by atoms with E-state index in [2.05, 4.69) is 38.6 Å². The van der Waals surface area contributed by atoms with E-state index < -0.39 is 36.7 Å². The third-order valence-electron chi connectivity index (χ3n) is 6.29. The molecular weight excluding hydrogens is 405 g/mol. The highest BCUT2D eigenvalue weighted by Crippen LogP contribution is 2.39. The van der Waals surface area contributed by atoms with E-state index in [1.54, 1.807) is 19.1 Å². The first-order valence-corrected chi connectivity index (χ1v) is 14.7. The Hall–Kier alpha value is -1.03. The van der Waals surface area contributed by atoms with E-state index in [1.165, 1.54) is 0 Å². The topological polar surface area (TPSA) is 73.9 Å². The minimum atomic E-state index is -3.42. The average molecular weight is 441 g/mol. The van der Waals surface area contributed by atoms with E-state index in [-0.39, 0.29) is 10.8 Å². The summed E-state index contributed by atoms with van der Waals surface area (Å²) < 4.78 is 45.7. The molecule has 2 rings (SSSR count). The monoisotopic (exact) mass is 441 g/mol. The van der Waals surface area contributed by atoms with Gasteiger partial charge in [-0.1, -0.05) is 20.8 Å². The van der Waals surface area contributed by atoms with Crippen molar-refractivity contribution in [2.75, 3.05) is 10.5 Å². The summed E-state index contributed by atoms with van der Waals surface area (Å²) >= 11 is 0. The molecule has 0 bridgehead atoms. The van der Waals surface area contributed by atoms with Crippen LogP contribution in [-0.2, 0) is 19.3 Å². The highest BCUT2D eigenvalue weighted by Gasteiger charge is 2.52. The normalized spacial score (nSPS) is 19.3. The van der Waals surface area contributed by atoms with Crippen molar-refractivity contribution in [3.05, 3.63) is 18.2 Å². The Labute approximate surface area is 178 Å². The Bertz CT molecular complexity index is 846. The van der Waals surface area contributed by atoms with Gasteiger partial charge in [0, 0.05) is 6.07 Å². The predicted molar refractivity (Wildman–Crippen MR) is 123 cm³/mol. The summed E-state index contributed by atoms with van der Waals surface area (Å²) in [6, 6.07) is 5.39. The first kappa shape index (κ1) is 24.2. The minimum Gasteiger partial charge on any atom is -0.543 e. The van der Waals surface area contributed by atoms with Gasteiger partial charge in [0.1, 0.15) is 5.75 Å². The van der Waals surface area contributed by atoms with Crippen molar-refractivity contribution < 1.29 is 22.2 Å². The molecular formula is C20H36BNO5SSi. The van der Waals surface area contributed by atoms with Crippen LogP contribution in [-0.4, -0.2) is 40.8 Å². The lowest BCUT2D eigenvalue weighted by Crippen LogP contribution is -2.44. The number of benzene rings is 1. The molecule has 1 aliphatic rings. The summed E-state index contributed by atoms with van der Waals surface area (Å²) in [6.07, 6.45) is 0. The zero-order valence-electron chi connectivity index (χ0n) is 19.5. The third kappa shape index (κ3) is 5.37. The molecule has 1 aromatic carbocycles. The summed E-state index contributed by atoms with van der Waals surface area (Å²) in [6.45, 7) is 20.4. The Balaban J connectivity index is 2.49. The van der Waals surface area contributed by atoms with Crippen molar-refractivity contribution >= 4 is 36.6 Å². The van der Waals surface area contributed by atoms with Crippen LogP contribution in [0.1, 0.15) is 55.4 Å². The minimum absolute atomic E-state index is 0.00779. The van der Waals surface area contributed by atoms with Crippen LogP contribution in [0, 0.1) is 0 Å². The fourth-order valence-electron chi connectivity index (χ4n) is 2.55. The number of hydrogen-bond donors (Lipinski definition) is 1. The lowest BCUT2D eigenvalue weighted by Gasteiger charge is -2.36. The van der Waals surface area contributed by atoms with Crippen molar-refractivity contribution in [3.8, 4) is 5.75 Å². The molecule has 1 N–H and O–H groups in total. The molecule has 0 spiro atoms.